The van der Waals surface area contributed by atoms with E-state index < -0.39 is 19.5 Å². The van der Waals surface area contributed by atoms with Crippen molar-refractivity contribution in [3.63, 3.8) is 0 Å². The second-order valence-electron chi connectivity index (χ2n) is 4.69. The number of rotatable bonds is 11. The largest absolute Gasteiger partial charge is 0.466 e. The van der Waals surface area contributed by atoms with Crippen molar-refractivity contribution in [3.8, 4) is 0 Å². The van der Waals surface area contributed by atoms with E-state index in [1.54, 1.807) is 6.92 Å². The Morgan fingerprint density at radius 1 is 1.05 bits per heavy atom. The quantitative estimate of drug-likeness (QED) is 0.258. The summed E-state index contributed by atoms with van der Waals surface area (Å²) in [5, 5.41) is 0. The third kappa shape index (κ3) is 13.6. The van der Waals surface area contributed by atoms with Crippen LogP contribution in [0.15, 0.2) is 12.2 Å². The highest BCUT2D eigenvalue weighted by Crippen LogP contribution is 2.35. The van der Waals surface area contributed by atoms with E-state index >= 15 is 0 Å². The lowest BCUT2D eigenvalue weighted by Gasteiger charge is -2.06. The molecular formula is C13H23O7P. The van der Waals surface area contributed by atoms with Crippen LogP contribution in [0, 0.1) is 0 Å². The first-order valence-electron chi connectivity index (χ1n) is 6.75. The first-order valence-corrected chi connectivity index (χ1v) is 8.55. The van der Waals surface area contributed by atoms with Crippen LogP contribution in [0.5, 0.6) is 0 Å². The number of esters is 2. The molecule has 21 heavy (non-hydrogen) atoms. The van der Waals surface area contributed by atoms with Crippen molar-refractivity contribution in [3.05, 3.63) is 12.2 Å². The summed E-state index contributed by atoms with van der Waals surface area (Å²) in [4.78, 5) is 39.5. The second-order valence-corrected chi connectivity index (χ2v) is 6.47. The lowest BCUT2D eigenvalue weighted by atomic mass is 10.2. The van der Waals surface area contributed by atoms with Gasteiger partial charge >= 0.3 is 19.5 Å². The molecule has 0 fully saturated rings. The zero-order valence-corrected chi connectivity index (χ0v) is 13.1. The molecule has 0 saturated heterocycles. The molecule has 0 bridgehead atoms. The molecule has 0 aromatic heterocycles. The fourth-order valence-electron chi connectivity index (χ4n) is 1.36. The van der Waals surface area contributed by atoms with Gasteiger partial charge in [-0.3, -0.25) is 9.36 Å². The Morgan fingerprint density at radius 2 is 1.62 bits per heavy atom. The van der Waals surface area contributed by atoms with Gasteiger partial charge in [-0.2, -0.15) is 0 Å². The second kappa shape index (κ2) is 10.5. The number of carbonyl (C=O) groups is 2. The van der Waals surface area contributed by atoms with E-state index in [0.717, 1.165) is 6.42 Å². The van der Waals surface area contributed by atoms with Gasteiger partial charge in [0.15, 0.2) is 0 Å². The Kier molecular flexibility index (Phi) is 9.95. The predicted molar refractivity (Wildman–Crippen MR) is 76.7 cm³/mol. The summed E-state index contributed by atoms with van der Waals surface area (Å²) in [5.41, 5.74) is 0.360. The molecule has 0 aliphatic heterocycles. The van der Waals surface area contributed by atoms with Crippen molar-refractivity contribution in [2.24, 2.45) is 0 Å². The van der Waals surface area contributed by atoms with Gasteiger partial charge in [-0.25, -0.2) is 4.79 Å². The molecule has 0 aliphatic carbocycles. The summed E-state index contributed by atoms with van der Waals surface area (Å²) < 4.78 is 20.4. The summed E-state index contributed by atoms with van der Waals surface area (Å²) in [7, 11) is -4.04. The summed E-state index contributed by atoms with van der Waals surface area (Å²) >= 11 is 0. The monoisotopic (exact) mass is 322 g/mol. The topological polar surface area (TPSA) is 110 Å². The Hall–Kier alpha value is -1.17. The SMILES string of the molecule is C=C(C)C(=O)OCCCCCOC(=O)CCCP(=O)(O)O. The molecule has 0 spiro atoms. The van der Waals surface area contributed by atoms with E-state index in [1.807, 2.05) is 0 Å². The smallest absolute Gasteiger partial charge is 0.333 e. The van der Waals surface area contributed by atoms with Crippen molar-refractivity contribution in [1.82, 2.24) is 0 Å². The van der Waals surface area contributed by atoms with Crippen LogP contribution in [-0.2, 0) is 23.6 Å². The summed E-state index contributed by atoms with van der Waals surface area (Å²) in [6, 6.07) is 0. The molecular weight excluding hydrogens is 299 g/mol. The van der Waals surface area contributed by atoms with Crippen LogP contribution in [0.4, 0.5) is 0 Å². The number of hydrogen-bond donors (Lipinski definition) is 2. The van der Waals surface area contributed by atoms with Gasteiger partial charge in [0.25, 0.3) is 0 Å². The van der Waals surface area contributed by atoms with Gasteiger partial charge in [-0.15, -0.1) is 0 Å². The molecule has 2 N–H and O–H groups in total. The molecule has 0 unspecified atom stereocenters. The molecule has 0 saturated carbocycles. The Morgan fingerprint density at radius 3 is 2.14 bits per heavy atom. The first kappa shape index (κ1) is 19.8. The van der Waals surface area contributed by atoms with Crippen molar-refractivity contribution >= 4 is 19.5 Å². The normalized spacial score (nSPS) is 11.0. The van der Waals surface area contributed by atoms with Crippen LogP contribution in [-0.4, -0.2) is 41.1 Å². The first-order chi connectivity index (χ1) is 9.72. The van der Waals surface area contributed by atoms with E-state index in [1.165, 1.54) is 0 Å². The molecule has 0 radical (unpaired) electrons. The minimum absolute atomic E-state index is 0.00132. The third-order valence-electron chi connectivity index (χ3n) is 2.46. The number of unbranched alkanes of at least 4 members (excludes halogenated alkanes) is 2. The molecule has 0 amide bonds. The van der Waals surface area contributed by atoms with Crippen molar-refractivity contribution in [2.75, 3.05) is 19.4 Å². The van der Waals surface area contributed by atoms with Gasteiger partial charge in [-0.1, -0.05) is 6.58 Å². The molecule has 122 valence electrons. The van der Waals surface area contributed by atoms with Gasteiger partial charge in [0.2, 0.25) is 0 Å². The number of hydrogen-bond acceptors (Lipinski definition) is 5. The summed E-state index contributed by atoms with van der Waals surface area (Å²) in [6.07, 6.45) is 1.88. The Labute approximate surface area is 124 Å². The number of carbonyl (C=O) groups excluding carboxylic acids is 2. The lowest BCUT2D eigenvalue weighted by Crippen LogP contribution is -2.08. The maximum absolute atomic E-state index is 11.2. The van der Waals surface area contributed by atoms with Gasteiger partial charge < -0.3 is 19.3 Å². The Bertz CT molecular complexity index is 399. The molecule has 0 heterocycles. The van der Waals surface area contributed by atoms with Crippen LogP contribution in [0.3, 0.4) is 0 Å². The predicted octanol–water partition coefficient (Wildman–Crippen LogP) is 1.78. The van der Waals surface area contributed by atoms with Gasteiger partial charge in [0.1, 0.15) is 0 Å². The van der Waals surface area contributed by atoms with Crippen LogP contribution in [0.25, 0.3) is 0 Å². The zero-order valence-electron chi connectivity index (χ0n) is 12.2. The minimum Gasteiger partial charge on any atom is -0.466 e. The van der Waals surface area contributed by atoms with Crippen LogP contribution >= 0.6 is 7.60 Å². The average Bonchev–Trinajstić information content (AvgIpc) is 2.35. The molecule has 8 heteroatoms. The van der Waals surface area contributed by atoms with Crippen LogP contribution in [0.1, 0.15) is 39.0 Å². The highest BCUT2D eigenvalue weighted by Gasteiger charge is 2.13. The zero-order chi connectivity index (χ0) is 16.3. The molecule has 0 atom stereocenters. The van der Waals surface area contributed by atoms with E-state index in [9.17, 15) is 14.2 Å². The average molecular weight is 322 g/mol. The molecule has 0 aromatic carbocycles. The third-order valence-corrected chi connectivity index (χ3v) is 3.36. The van der Waals surface area contributed by atoms with Crippen molar-refractivity contribution < 1.29 is 33.4 Å². The molecule has 0 aliphatic rings. The van der Waals surface area contributed by atoms with Gasteiger partial charge in [0.05, 0.1) is 19.4 Å². The number of ether oxygens (including phenoxy) is 2. The maximum atomic E-state index is 11.2. The van der Waals surface area contributed by atoms with Gasteiger partial charge in [0, 0.05) is 12.0 Å². The molecule has 7 nitrogen and oxygen atoms in total. The van der Waals surface area contributed by atoms with Crippen molar-refractivity contribution in [1.29, 1.82) is 0 Å². The summed E-state index contributed by atoms with van der Waals surface area (Å²) in [6.45, 7) is 5.60. The highest BCUT2D eigenvalue weighted by molar-refractivity contribution is 7.51. The minimum atomic E-state index is -4.04. The van der Waals surface area contributed by atoms with Crippen molar-refractivity contribution in [2.45, 2.75) is 39.0 Å². The highest BCUT2D eigenvalue weighted by atomic mass is 31.2. The summed E-state index contributed by atoms with van der Waals surface area (Å²) in [5.74, 6) is -0.872. The van der Waals surface area contributed by atoms with Crippen LogP contribution < -0.4 is 0 Å². The van der Waals surface area contributed by atoms with E-state index in [2.05, 4.69) is 6.58 Å². The van der Waals surface area contributed by atoms with Crippen LogP contribution in [0.2, 0.25) is 0 Å². The molecule has 0 rings (SSSR count). The molecule has 0 aromatic rings. The fraction of sp³-hybridized carbons (Fsp3) is 0.692. The fourth-order valence-corrected chi connectivity index (χ4v) is 1.93. The standard InChI is InChI=1S/C13H23O7P/c1-11(2)13(15)20-9-5-3-4-8-19-12(14)7-6-10-21(16,17)18/h1,3-10H2,2H3,(H2,16,17,18). The Balaban J connectivity index is 3.42. The van der Waals surface area contributed by atoms with E-state index in [4.69, 9.17) is 19.3 Å². The van der Waals surface area contributed by atoms with E-state index in [0.29, 0.717) is 25.0 Å². The van der Waals surface area contributed by atoms with Gasteiger partial charge in [-0.05, 0) is 32.6 Å². The van der Waals surface area contributed by atoms with E-state index in [-0.39, 0.29) is 25.6 Å². The maximum Gasteiger partial charge on any atom is 0.333 e. The lowest BCUT2D eigenvalue weighted by molar-refractivity contribution is -0.143.